The summed E-state index contributed by atoms with van der Waals surface area (Å²) in [4.78, 5) is 19.5. The average Bonchev–Trinajstić information content (AvgIpc) is 3.29. The normalized spacial score (nSPS) is 24.5. The topological polar surface area (TPSA) is 57.3 Å². The maximum atomic E-state index is 12.8. The molecule has 0 bridgehead atoms. The molecule has 3 saturated heterocycles. The molecule has 3 heterocycles. The highest BCUT2D eigenvalue weighted by Gasteiger charge is 2.32. The molecule has 0 aromatic heterocycles. The number of halogens is 1. The Kier molecular flexibility index (Phi) is 7.13. The van der Waals surface area contributed by atoms with Gasteiger partial charge in [-0.25, -0.2) is 4.79 Å². The van der Waals surface area contributed by atoms with Crippen LogP contribution in [0.15, 0.2) is 24.3 Å². The summed E-state index contributed by atoms with van der Waals surface area (Å²) in [7, 11) is 0. The number of amides is 2. The number of carbonyl (C=O) groups excluding carboxylic acids is 1. The van der Waals surface area contributed by atoms with Crippen LogP contribution in [0.2, 0.25) is 5.02 Å². The van der Waals surface area contributed by atoms with Crippen LogP contribution in [0.3, 0.4) is 0 Å². The molecule has 2 atom stereocenters. The van der Waals surface area contributed by atoms with Gasteiger partial charge < -0.3 is 24.6 Å². The van der Waals surface area contributed by atoms with Crippen molar-refractivity contribution in [2.75, 3.05) is 77.1 Å². The molecule has 0 spiro atoms. The lowest BCUT2D eigenvalue weighted by molar-refractivity contribution is 0.00185. The number of anilines is 1. The third kappa shape index (κ3) is 5.34. The Morgan fingerprint density at radius 2 is 1.90 bits per heavy atom. The van der Waals surface area contributed by atoms with Gasteiger partial charge in [-0.05, 0) is 24.6 Å². The molecule has 0 unspecified atom stereocenters. The van der Waals surface area contributed by atoms with Crippen molar-refractivity contribution in [2.24, 2.45) is 5.92 Å². The van der Waals surface area contributed by atoms with Gasteiger partial charge in [0.2, 0.25) is 0 Å². The molecule has 3 aliphatic heterocycles. The second-order valence-corrected chi connectivity index (χ2v) is 8.42. The van der Waals surface area contributed by atoms with Crippen molar-refractivity contribution in [2.45, 2.75) is 12.5 Å². The highest BCUT2D eigenvalue weighted by molar-refractivity contribution is 6.30. The molecular formula is C21H31ClN4O3. The van der Waals surface area contributed by atoms with E-state index in [0.717, 1.165) is 69.7 Å². The van der Waals surface area contributed by atoms with Gasteiger partial charge in [-0.1, -0.05) is 17.7 Å². The number of carbonyl (C=O) groups is 1. The first-order valence-electron chi connectivity index (χ1n) is 10.6. The van der Waals surface area contributed by atoms with Crippen molar-refractivity contribution in [3.05, 3.63) is 29.3 Å². The van der Waals surface area contributed by atoms with Crippen molar-refractivity contribution >= 4 is 23.3 Å². The lowest BCUT2D eigenvalue weighted by Gasteiger charge is -2.39. The molecule has 1 aromatic rings. The molecule has 0 aliphatic carbocycles. The first-order chi connectivity index (χ1) is 14.2. The summed E-state index contributed by atoms with van der Waals surface area (Å²) in [6.45, 7) is 8.73. The zero-order chi connectivity index (χ0) is 20.1. The predicted octanol–water partition coefficient (Wildman–Crippen LogP) is 1.91. The zero-order valence-corrected chi connectivity index (χ0v) is 17.6. The minimum absolute atomic E-state index is 0.0351. The number of urea groups is 1. The fourth-order valence-corrected chi connectivity index (χ4v) is 4.69. The van der Waals surface area contributed by atoms with Crippen molar-refractivity contribution in [3.63, 3.8) is 0 Å². The first-order valence-corrected chi connectivity index (χ1v) is 11.0. The van der Waals surface area contributed by atoms with Gasteiger partial charge in [0.05, 0.1) is 19.8 Å². The fourth-order valence-electron chi connectivity index (χ4n) is 4.50. The standard InChI is InChI=1S/C21H31ClN4O3/c22-18-2-1-3-19(14-18)24-5-7-26(8-6-24)21(27)23-15-20(17-4-11-29-16-17)25-9-12-28-13-10-25/h1-3,14,17,20H,4-13,15-16H2,(H,23,27)/t17-,20-/m0/s1. The van der Waals surface area contributed by atoms with Crippen LogP contribution in [0.5, 0.6) is 0 Å². The number of rotatable bonds is 5. The minimum atomic E-state index is 0.0351. The van der Waals surface area contributed by atoms with Crippen LogP contribution in [0.4, 0.5) is 10.5 Å². The number of benzene rings is 1. The Morgan fingerprint density at radius 1 is 1.10 bits per heavy atom. The quantitative estimate of drug-likeness (QED) is 0.785. The summed E-state index contributed by atoms with van der Waals surface area (Å²) < 4.78 is 11.1. The molecular weight excluding hydrogens is 392 g/mol. The third-order valence-electron chi connectivity index (χ3n) is 6.23. The van der Waals surface area contributed by atoms with E-state index in [9.17, 15) is 4.79 Å². The summed E-state index contributed by atoms with van der Waals surface area (Å²) in [5.74, 6) is 0.480. The van der Waals surface area contributed by atoms with Crippen LogP contribution in [0, 0.1) is 5.92 Å². The Hall–Kier alpha value is -1.54. The van der Waals surface area contributed by atoms with Gasteiger partial charge in [0.25, 0.3) is 0 Å². The van der Waals surface area contributed by atoms with E-state index in [0.29, 0.717) is 31.6 Å². The molecule has 0 radical (unpaired) electrons. The average molecular weight is 423 g/mol. The van der Waals surface area contributed by atoms with E-state index in [2.05, 4.69) is 21.2 Å². The largest absolute Gasteiger partial charge is 0.381 e. The third-order valence-corrected chi connectivity index (χ3v) is 6.46. The van der Waals surface area contributed by atoms with Crippen LogP contribution >= 0.6 is 11.6 Å². The fraction of sp³-hybridized carbons (Fsp3) is 0.667. The van der Waals surface area contributed by atoms with E-state index in [4.69, 9.17) is 21.1 Å². The van der Waals surface area contributed by atoms with Crippen LogP contribution in [-0.2, 0) is 9.47 Å². The molecule has 3 fully saturated rings. The van der Waals surface area contributed by atoms with Crippen molar-refractivity contribution in [1.29, 1.82) is 0 Å². The van der Waals surface area contributed by atoms with Gasteiger partial charge in [-0.2, -0.15) is 0 Å². The van der Waals surface area contributed by atoms with Gasteiger partial charge in [0.1, 0.15) is 0 Å². The molecule has 8 heteroatoms. The van der Waals surface area contributed by atoms with Crippen LogP contribution in [0.1, 0.15) is 6.42 Å². The molecule has 160 valence electrons. The Balaban J connectivity index is 1.28. The van der Waals surface area contributed by atoms with E-state index >= 15 is 0 Å². The summed E-state index contributed by atoms with van der Waals surface area (Å²) in [6.07, 6.45) is 1.07. The van der Waals surface area contributed by atoms with Gasteiger partial charge in [0.15, 0.2) is 0 Å². The molecule has 1 N–H and O–H groups in total. The SMILES string of the molecule is O=C(NC[C@@H]([C@H]1CCOC1)N1CCOCC1)N1CCN(c2cccc(Cl)c2)CC1. The van der Waals surface area contributed by atoms with E-state index in [-0.39, 0.29) is 6.03 Å². The first kappa shape index (κ1) is 20.7. The van der Waals surface area contributed by atoms with Crippen molar-refractivity contribution in [1.82, 2.24) is 15.1 Å². The number of nitrogens with one attached hydrogen (secondary N) is 1. The number of morpholine rings is 1. The molecule has 3 aliphatic rings. The van der Waals surface area contributed by atoms with Crippen molar-refractivity contribution < 1.29 is 14.3 Å². The lowest BCUT2D eigenvalue weighted by Crippen LogP contribution is -2.56. The smallest absolute Gasteiger partial charge is 0.317 e. The zero-order valence-electron chi connectivity index (χ0n) is 16.9. The Bertz CT molecular complexity index is 672. The number of nitrogens with zero attached hydrogens (tertiary/aromatic N) is 3. The monoisotopic (exact) mass is 422 g/mol. The maximum absolute atomic E-state index is 12.8. The molecule has 2 amide bonds. The molecule has 1 aromatic carbocycles. The number of hydrogen-bond donors (Lipinski definition) is 1. The minimum Gasteiger partial charge on any atom is -0.381 e. The van der Waals surface area contributed by atoms with Crippen LogP contribution in [-0.4, -0.2) is 94.1 Å². The van der Waals surface area contributed by atoms with Gasteiger partial charge in [-0.3, -0.25) is 4.90 Å². The number of ether oxygens (including phenoxy) is 2. The van der Waals surface area contributed by atoms with Gasteiger partial charge >= 0.3 is 6.03 Å². The Labute approximate surface area is 177 Å². The second kappa shape index (κ2) is 9.98. The Morgan fingerprint density at radius 3 is 2.59 bits per heavy atom. The second-order valence-electron chi connectivity index (χ2n) is 7.98. The summed E-state index contributed by atoms with van der Waals surface area (Å²) in [6, 6.07) is 8.25. The highest BCUT2D eigenvalue weighted by Crippen LogP contribution is 2.23. The van der Waals surface area contributed by atoms with E-state index in [1.807, 2.05) is 23.1 Å². The van der Waals surface area contributed by atoms with Gasteiger partial charge in [0, 0.05) is 75.1 Å². The molecule has 7 nitrogen and oxygen atoms in total. The molecule has 0 saturated carbocycles. The van der Waals surface area contributed by atoms with Gasteiger partial charge in [-0.15, -0.1) is 0 Å². The summed E-state index contributed by atoms with van der Waals surface area (Å²) in [5, 5.41) is 3.94. The van der Waals surface area contributed by atoms with Crippen LogP contribution < -0.4 is 10.2 Å². The molecule has 4 rings (SSSR count). The maximum Gasteiger partial charge on any atom is 0.317 e. The van der Waals surface area contributed by atoms with Crippen LogP contribution in [0.25, 0.3) is 0 Å². The van der Waals surface area contributed by atoms with E-state index in [1.54, 1.807) is 0 Å². The summed E-state index contributed by atoms with van der Waals surface area (Å²) in [5.41, 5.74) is 1.12. The molecule has 29 heavy (non-hydrogen) atoms. The predicted molar refractivity (Wildman–Crippen MR) is 114 cm³/mol. The summed E-state index contributed by atoms with van der Waals surface area (Å²) >= 11 is 6.11. The number of hydrogen-bond acceptors (Lipinski definition) is 5. The number of piperazine rings is 1. The highest BCUT2D eigenvalue weighted by atomic mass is 35.5. The van der Waals surface area contributed by atoms with E-state index in [1.165, 1.54) is 0 Å². The van der Waals surface area contributed by atoms with E-state index < -0.39 is 0 Å². The lowest BCUT2D eigenvalue weighted by atomic mass is 9.97. The van der Waals surface area contributed by atoms with Crippen molar-refractivity contribution in [3.8, 4) is 0 Å².